The van der Waals surface area contributed by atoms with E-state index in [0.29, 0.717) is 6.10 Å². The van der Waals surface area contributed by atoms with Crippen LogP contribution in [-0.2, 0) is 4.74 Å². The first-order chi connectivity index (χ1) is 8.83. The molecule has 1 rings (SSSR count). The smallest absolute Gasteiger partial charge is 0.0702 e. The molecule has 1 fully saturated rings. The molecule has 0 aliphatic carbocycles. The standard InChI is InChI=1S/C15H32N2O/c1-3-10-16-11-6-4-5-7-12-17(2)14-15-9-8-13-18-15/h15-16H,3-14H2,1-2H3. The van der Waals surface area contributed by atoms with Gasteiger partial charge in [-0.25, -0.2) is 0 Å². The maximum atomic E-state index is 5.66. The third kappa shape index (κ3) is 8.06. The molecule has 0 spiro atoms. The second-order valence-corrected chi connectivity index (χ2v) is 5.56. The van der Waals surface area contributed by atoms with Crippen LogP contribution in [0.25, 0.3) is 0 Å². The Morgan fingerprint density at radius 1 is 1.17 bits per heavy atom. The van der Waals surface area contributed by atoms with E-state index in [1.165, 1.54) is 64.6 Å². The van der Waals surface area contributed by atoms with Crippen LogP contribution in [0, 0.1) is 0 Å². The molecule has 0 bridgehead atoms. The first kappa shape index (κ1) is 15.9. The molecule has 1 heterocycles. The molecule has 0 aromatic rings. The van der Waals surface area contributed by atoms with Crippen molar-refractivity contribution in [2.24, 2.45) is 0 Å². The Hall–Kier alpha value is -0.120. The van der Waals surface area contributed by atoms with E-state index in [4.69, 9.17) is 4.74 Å². The predicted octanol–water partition coefficient (Wildman–Crippen LogP) is 2.66. The first-order valence-corrected chi connectivity index (χ1v) is 7.83. The Morgan fingerprint density at radius 2 is 2.00 bits per heavy atom. The lowest BCUT2D eigenvalue weighted by Gasteiger charge is -2.20. The lowest BCUT2D eigenvalue weighted by molar-refractivity contribution is 0.0807. The van der Waals surface area contributed by atoms with E-state index in [0.717, 1.165) is 13.2 Å². The van der Waals surface area contributed by atoms with Gasteiger partial charge in [-0.15, -0.1) is 0 Å². The highest BCUT2D eigenvalue weighted by molar-refractivity contribution is 4.68. The average Bonchev–Trinajstić information content (AvgIpc) is 2.85. The molecule has 1 unspecified atom stereocenters. The van der Waals surface area contributed by atoms with Crippen molar-refractivity contribution in [1.82, 2.24) is 10.2 Å². The Balaban J connectivity index is 1.81. The number of hydrogen-bond acceptors (Lipinski definition) is 3. The number of nitrogens with one attached hydrogen (secondary N) is 1. The van der Waals surface area contributed by atoms with E-state index in [1.54, 1.807) is 0 Å². The van der Waals surface area contributed by atoms with Crippen molar-refractivity contribution in [2.45, 2.75) is 58.0 Å². The second-order valence-electron chi connectivity index (χ2n) is 5.56. The summed E-state index contributed by atoms with van der Waals surface area (Å²) >= 11 is 0. The van der Waals surface area contributed by atoms with Crippen molar-refractivity contribution in [1.29, 1.82) is 0 Å². The molecule has 1 aliphatic heterocycles. The largest absolute Gasteiger partial charge is 0.377 e. The van der Waals surface area contributed by atoms with Gasteiger partial charge in [-0.05, 0) is 58.8 Å². The quantitative estimate of drug-likeness (QED) is 0.575. The van der Waals surface area contributed by atoms with Gasteiger partial charge in [0.2, 0.25) is 0 Å². The molecule has 0 amide bonds. The number of unbranched alkanes of at least 4 members (excludes halogenated alkanes) is 3. The van der Waals surface area contributed by atoms with Crippen molar-refractivity contribution in [3.8, 4) is 0 Å². The fraction of sp³-hybridized carbons (Fsp3) is 1.00. The number of nitrogens with zero attached hydrogens (tertiary/aromatic N) is 1. The molecule has 3 heteroatoms. The van der Waals surface area contributed by atoms with E-state index in [2.05, 4.69) is 24.2 Å². The van der Waals surface area contributed by atoms with E-state index < -0.39 is 0 Å². The van der Waals surface area contributed by atoms with Crippen LogP contribution in [0.4, 0.5) is 0 Å². The molecule has 1 atom stereocenters. The van der Waals surface area contributed by atoms with Crippen LogP contribution in [0.5, 0.6) is 0 Å². The second kappa shape index (κ2) is 10.8. The van der Waals surface area contributed by atoms with Gasteiger partial charge in [0.1, 0.15) is 0 Å². The number of likely N-dealkylation sites (N-methyl/N-ethyl adjacent to an activating group) is 1. The lowest BCUT2D eigenvalue weighted by atomic mass is 10.1. The fourth-order valence-corrected chi connectivity index (χ4v) is 2.51. The van der Waals surface area contributed by atoms with Gasteiger partial charge in [0, 0.05) is 13.2 Å². The van der Waals surface area contributed by atoms with Crippen molar-refractivity contribution in [2.75, 3.05) is 39.8 Å². The van der Waals surface area contributed by atoms with Gasteiger partial charge in [-0.3, -0.25) is 0 Å². The minimum Gasteiger partial charge on any atom is -0.377 e. The summed E-state index contributed by atoms with van der Waals surface area (Å²) in [7, 11) is 2.23. The fourth-order valence-electron chi connectivity index (χ4n) is 2.51. The monoisotopic (exact) mass is 256 g/mol. The molecule has 18 heavy (non-hydrogen) atoms. The molecule has 108 valence electrons. The highest BCUT2D eigenvalue weighted by Crippen LogP contribution is 2.13. The van der Waals surface area contributed by atoms with Crippen LogP contribution in [0.1, 0.15) is 51.9 Å². The molecular weight excluding hydrogens is 224 g/mol. The Kier molecular flexibility index (Phi) is 9.54. The third-order valence-electron chi connectivity index (χ3n) is 3.61. The molecule has 0 radical (unpaired) electrons. The Morgan fingerprint density at radius 3 is 2.72 bits per heavy atom. The van der Waals surface area contributed by atoms with Crippen LogP contribution in [-0.4, -0.2) is 50.8 Å². The van der Waals surface area contributed by atoms with Gasteiger partial charge in [-0.2, -0.15) is 0 Å². The summed E-state index contributed by atoms with van der Waals surface area (Å²) in [6, 6.07) is 0. The summed E-state index contributed by atoms with van der Waals surface area (Å²) < 4.78 is 5.66. The van der Waals surface area contributed by atoms with Gasteiger partial charge in [0.25, 0.3) is 0 Å². The highest BCUT2D eigenvalue weighted by Gasteiger charge is 2.16. The summed E-state index contributed by atoms with van der Waals surface area (Å²) in [4.78, 5) is 2.44. The summed E-state index contributed by atoms with van der Waals surface area (Å²) in [6.07, 6.45) is 9.65. The molecule has 0 aromatic carbocycles. The van der Waals surface area contributed by atoms with Crippen molar-refractivity contribution >= 4 is 0 Å². The van der Waals surface area contributed by atoms with Gasteiger partial charge in [0.15, 0.2) is 0 Å². The van der Waals surface area contributed by atoms with Crippen LogP contribution in [0.2, 0.25) is 0 Å². The van der Waals surface area contributed by atoms with Gasteiger partial charge < -0.3 is 15.0 Å². The van der Waals surface area contributed by atoms with Gasteiger partial charge >= 0.3 is 0 Å². The number of hydrogen-bond donors (Lipinski definition) is 1. The summed E-state index contributed by atoms with van der Waals surface area (Å²) in [5.74, 6) is 0. The van der Waals surface area contributed by atoms with Crippen molar-refractivity contribution < 1.29 is 4.74 Å². The van der Waals surface area contributed by atoms with Crippen LogP contribution in [0.15, 0.2) is 0 Å². The van der Waals surface area contributed by atoms with Crippen molar-refractivity contribution in [3.63, 3.8) is 0 Å². The van der Waals surface area contributed by atoms with E-state index in [9.17, 15) is 0 Å². The van der Waals surface area contributed by atoms with Crippen LogP contribution >= 0.6 is 0 Å². The first-order valence-electron chi connectivity index (χ1n) is 7.83. The topological polar surface area (TPSA) is 24.5 Å². The normalized spacial score (nSPS) is 19.8. The van der Waals surface area contributed by atoms with E-state index in [1.807, 2.05) is 0 Å². The molecule has 0 saturated carbocycles. The third-order valence-corrected chi connectivity index (χ3v) is 3.61. The van der Waals surface area contributed by atoms with Crippen LogP contribution in [0.3, 0.4) is 0 Å². The Bertz CT molecular complexity index is 181. The lowest BCUT2D eigenvalue weighted by Crippen LogP contribution is -2.29. The van der Waals surface area contributed by atoms with E-state index in [-0.39, 0.29) is 0 Å². The predicted molar refractivity (Wildman–Crippen MR) is 78.1 cm³/mol. The highest BCUT2D eigenvalue weighted by atomic mass is 16.5. The van der Waals surface area contributed by atoms with E-state index >= 15 is 0 Å². The minimum atomic E-state index is 0.508. The molecule has 1 saturated heterocycles. The zero-order valence-corrected chi connectivity index (χ0v) is 12.4. The summed E-state index contributed by atoms with van der Waals surface area (Å²) in [6.45, 7) is 7.91. The van der Waals surface area contributed by atoms with Crippen molar-refractivity contribution in [3.05, 3.63) is 0 Å². The maximum absolute atomic E-state index is 5.66. The molecule has 0 aromatic heterocycles. The molecular formula is C15H32N2O. The zero-order valence-electron chi connectivity index (χ0n) is 12.4. The van der Waals surface area contributed by atoms with Crippen LogP contribution < -0.4 is 5.32 Å². The van der Waals surface area contributed by atoms with Gasteiger partial charge in [0.05, 0.1) is 6.10 Å². The SMILES string of the molecule is CCCNCCCCCCN(C)CC1CCCO1. The minimum absolute atomic E-state index is 0.508. The number of rotatable bonds is 11. The summed E-state index contributed by atoms with van der Waals surface area (Å²) in [5.41, 5.74) is 0. The summed E-state index contributed by atoms with van der Waals surface area (Å²) in [5, 5.41) is 3.46. The molecule has 3 nitrogen and oxygen atoms in total. The number of ether oxygens (including phenoxy) is 1. The van der Waals surface area contributed by atoms with Gasteiger partial charge in [-0.1, -0.05) is 19.8 Å². The molecule has 1 N–H and O–H groups in total. The zero-order chi connectivity index (χ0) is 13.1. The molecule has 1 aliphatic rings. The maximum Gasteiger partial charge on any atom is 0.0702 e. The average molecular weight is 256 g/mol. The Labute approximate surface area is 113 Å².